The molecule has 1 aromatic carbocycles. The van der Waals surface area contributed by atoms with Crippen molar-refractivity contribution in [1.29, 1.82) is 0 Å². The van der Waals surface area contributed by atoms with E-state index in [-0.39, 0.29) is 6.61 Å². The normalized spacial score (nSPS) is 17.1. The molecular weight excluding hydrogens is 387 g/mol. The second-order valence-electron chi connectivity index (χ2n) is 6.86. The first-order valence-corrected chi connectivity index (χ1v) is 9.47. The van der Waals surface area contributed by atoms with Crippen molar-refractivity contribution in [2.75, 3.05) is 46.4 Å². The van der Waals surface area contributed by atoms with Crippen LogP contribution in [0.1, 0.15) is 12.5 Å². The van der Waals surface area contributed by atoms with Gasteiger partial charge in [0.2, 0.25) is 0 Å². The lowest BCUT2D eigenvalue weighted by molar-refractivity contribution is -0.181. The largest absolute Gasteiger partial charge is 0.484 e. The van der Waals surface area contributed by atoms with Gasteiger partial charge in [-0.1, -0.05) is 12.1 Å². The highest BCUT2D eigenvalue weighted by molar-refractivity contribution is 5.80. The predicted molar refractivity (Wildman–Crippen MR) is 105 cm³/mol. The summed E-state index contributed by atoms with van der Waals surface area (Å²) < 4.78 is 43.8. The van der Waals surface area contributed by atoms with E-state index < -0.39 is 18.1 Å². The molecule has 1 atom stereocenters. The van der Waals surface area contributed by atoms with Gasteiger partial charge < -0.3 is 20.7 Å². The quantitative estimate of drug-likeness (QED) is 0.517. The second-order valence-corrected chi connectivity index (χ2v) is 6.86. The van der Waals surface area contributed by atoms with Gasteiger partial charge in [0.1, 0.15) is 11.8 Å². The Labute approximate surface area is 168 Å². The van der Waals surface area contributed by atoms with Gasteiger partial charge in [0.25, 0.3) is 5.91 Å². The number of rotatable bonds is 7. The zero-order valence-electron chi connectivity index (χ0n) is 16.7. The SMILES string of the molecule is CN=C(NCCc1ccc(OCC(N)=O)cc1)N1CCN(C(C)C(F)(F)F)CC1. The Morgan fingerprint density at radius 3 is 2.38 bits per heavy atom. The number of primary amides is 1. The monoisotopic (exact) mass is 415 g/mol. The van der Waals surface area contributed by atoms with Crippen LogP contribution in [0.5, 0.6) is 5.75 Å². The Morgan fingerprint density at radius 2 is 1.86 bits per heavy atom. The maximum atomic E-state index is 12.9. The van der Waals surface area contributed by atoms with Crippen molar-refractivity contribution < 1.29 is 22.7 Å². The first kappa shape index (κ1) is 22.8. The third-order valence-electron chi connectivity index (χ3n) is 4.85. The number of aliphatic imine (C=N–C) groups is 1. The highest BCUT2D eigenvalue weighted by Crippen LogP contribution is 2.25. The summed E-state index contributed by atoms with van der Waals surface area (Å²) in [4.78, 5) is 18.4. The minimum Gasteiger partial charge on any atom is -0.484 e. The van der Waals surface area contributed by atoms with E-state index in [9.17, 15) is 18.0 Å². The molecule has 1 heterocycles. The minimum absolute atomic E-state index is 0.160. The topological polar surface area (TPSA) is 83.2 Å². The maximum Gasteiger partial charge on any atom is 0.403 e. The van der Waals surface area contributed by atoms with Gasteiger partial charge in [-0.25, -0.2) is 0 Å². The number of nitrogens with two attached hydrogens (primary N) is 1. The molecule has 0 aliphatic carbocycles. The number of hydrogen-bond donors (Lipinski definition) is 2. The molecule has 1 saturated heterocycles. The molecule has 1 aromatic rings. The van der Waals surface area contributed by atoms with Crippen LogP contribution < -0.4 is 15.8 Å². The summed E-state index contributed by atoms with van der Waals surface area (Å²) in [6.07, 6.45) is -3.47. The molecular formula is C19H28F3N5O2. The summed E-state index contributed by atoms with van der Waals surface area (Å²) in [5.74, 6) is 0.728. The number of nitrogens with one attached hydrogen (secondary N) is 1. The summed E-state index contributed by atoms with van der Waals surface area (Å²) in [7, 11) is 1.66. The van der Waals surface area contributed by atoms with E-state index in [2.05, 4.69) is 10.3 Å². The van der Waals surface area contributed by atoms with Crippen molar-refractivity contribution in [2.24, 2.45) is 10.7 Å². The second kappa shape index (κ2) is 10.3. The molecule has 162 valence electrons. The molecule has 0 bridgehead atoms. The maximum absolute atomic E-state index is 12.9. The van der Waals surface area contributed by atoms with Crippen molar-refractivity contribution in [3.8, 4) is 5.75 Å². The van der Waals surface area contributed by atoms with Crippen molar-refractivity contribution in [1.82, 2.24) is 15.1 Å². The number of hydrogen-bond acceptors (Lipinski definition) is 4. The molecule has 29 heavy (non-hydrogen) atoms. The molecule has 1 amide bonds. The number of carbonyl (C=O) groups is 1. The smallest absolute Gasteiger partial charge is 0.403 e. The first-order valence-electron chi connectivity index (χ1n) is 9.47. The lowest BCUT2D eigenvalue weighted by Gasteiger charge is -2.39. The highest BCUT2D eigenvalue weighted by atomic mass is 19.4. The summed E-state index contributed by atoms with van der Waals surface area (Å²) in [6.45, 7) is 3.34. The summed E-state index contributed by atoms with van der Waals surface area (Å²) >= 11 is 0. The summed E-state index contributed by atoms with van der Waals surface area (Å²) in [6, 6.07) is 5.91. The fourth-order valence-electron chi connectivity index (χ4n) is 3.09. The van der Waals surface area contributed by atoms with E-state index in [4.69, 9.17) is 10.5 Å². The number of carbonyl (C=O) groups excluding carboxylic acids is 1. The number of halogens is 3. The number of nitrogens with zero attached hydrogens (tertiary/aromatic N) is 3. The molecule has 7 nitrogen and oxygen atoms in total. The van der Waals surface area contributed by atoms with Gasteiger partial charge in [-0.05, 0) is 31.0 Å². The van der Waals surface area contributed by atoms with Gasteiger partial charge in [-0.2, -0.15) is 13.2 Å². The van der Waals surface area contributed by atoms with E-state index in [1.54, 1.807) is 19.2 Å². The summed E-state index contributed by atoms with van der Waals surface area (Å²) in [5, 5.41) is 3.26. The van der Waals surface area contributed by atoms with Crippen molar-refractivity contribution in [3.05, 3.63) is 29.8 Å². The minimum atomic E-state index is -4.21. The number of guanidine groups is 1. The lowest BCUT2D eigenvalue weighted by atomic mass is 10.1. The van der Waals surface area contributed by atoms with Gasteiger partial charge in [-0.15, -0.1) is 0 Å². The predicted octanol–water partition coefficient (Wildman–Crippen LogP) is 1.24. The van der Waals surface area contributed by atoms with Gasteiger partial charge in [0, 0.05) is 39.8 Å². The van der Waals surface area contributed by atoms with Crippen LogP contribution in [0.15, 0.2) is 29.3 Å². The van der Waals surface area contributed by atoms with Crippen molar-refractivity contribution in [2.45, 2.75) is 25.6 Å². The zero-order chi connectivity index (χ0) is 21.4. The lowest BCUT2D eigenvalue weighted by Crippen LogP contribution is -2.56. The van der Waals surface area contributed by atoms with E-state index in [0.29, 0.717) is 44.4 Å². The van der Waals surface area contributed by atoms with Crippen LogP contribution in [0.3, 0.4) is 0 Å². The molecule has 0 radical (unpaired) electrons. The fourth-order valence-corrected chi connectivity index (χ4v) is 3.09. The van der Waals surface area contributed by atoms with Crippen LogP contribution >= 0.6 is 0 Å². The van der Waals surface area contributed by atoms with E-state index >= 15 is 0 Å². The highest BCUT2D eigenvalue weighted by Gasteiger charge is 2.41. The molecule has 1 unspecified atom stereocenters. The number of ether oxygens (including phenoxy) is 1. The summed E-state index contributed by atoms with van der Waals surface area (Å²) in [5.41, 5.74) is 6.11. The van der Waals surface area contributed by atoms with Crippen molar-refractivity contribution >= 4 is 11.9 Å². The standard InChI is InChI=1S/C19H28F3N5O2/c1-14(19(20,21)22)26-9-11-27(12-10-26)18(24-2)25-8-7-15-3-5-16(6-4-15)29-13-17(23)28/h3-6,14H,7-13H2,1-2H3,(H2,23,28)(H,24,25). The number of amides is 1. The van der Waals surface area contributed by atoms with Crippen LogP contribution in [-0.2, 0) is 11.2 Å². The van der Waals surface area contributed by atoms with E-state index in [0.717, 1.165) is 12.0 Å². The Balaban J connectivity index is 1.76. The molecule has 0 saturated carbocycles. The van der Waals surface area contributed by atoms with Crippen molar-refractivity contribution in [3.63, 3.8) is 0 Å². The molecule has 0 aromatic heterocycles. The van der Waals surface area contributed by atoms with Gasteiger partial charge in [-0.3, -0.25) is 14.7 Å². The van der Waals surface area contributed by atoms with E-state index in [1.165, 1.54) is 11.8 Å². The van der Waals surface area contributed by atoms with Crippen LogP contribution in [0, 0.1) is 0 Å². The zero-order valence-corrected chi connectivity index (χ0v) is 16.7. The Kier molecular flexibility index (Phi) is 8.12. The van der Waals surface area contributed by atoms with Crippen LogP contribution in [0.4, 0.5) is 13.2 Å². The Morgan fingerprint density at radius 1 is 1.24 bits per heavy atom. The third kappa shape index (κ3) is 7.12. The molecule has 0 spiro atoms. The van der Waals surface area contributed by atoms with Gasteiger partial charge >= 0.3 is 6.18 Å². The van der Waals surface area contributed by atoms with Gasteiger partial charge in [0.15, 0.2) is 12.6 Å². The fraction of sp³-hybridized carbons (Fsp3) is 0.579. The molecule has 1 aliphatic heterocycles. The number of piperazine rings is 1. The van der Waals surface area contributed by atoms with Gasteiger partial charge in [0.05, 0.1) is 0 Å². The molecule has 1 fully saturated rings. The molecule has 10 heteroatoms. The van der Waals surface area contributed by atoms with Crippen LogP contribution in [0.25, 0.3) is 0 Å². The van der Waals surface area contributed by atoms with Crippen LogP contribution in [-0.4, -0.2) is 80.3 Å². The molecule has 3 N–H and O–H groups in total. The van der Waals surface area contributed by atoms with Crippen LogP contribution in [0.2, 0.25) is 0 Å². The van der Waals surface area contributed by atoms with E-state index in [1.807, 2.05) is 17.0 Å². The number of alkyl halides is 3. The molecule has 2 rings (SSSR count). The Hall–Kier alpha value is -2.49. The average Bonchev–Trinajstić information content (AvgIpc) is 2.69. The first-order chi connectivity index (χ1) is 13.7. The number of benzene rings is 1. The molecule has 1 aliphatic rings. The average molecular weight is 415 g/mol. The Bertz CT molecular complexity index is 686. The third-order valence-corrected chi connectivity index (χ3v) is 4.85.